The second-order valence-corrected chi connectivity index (χ2v) is 5.17. The zero-order chi connectivity index (χ0) is 13.8. The van der Waals surface area contributed by atoms with Crippen molar-refractivity contribution in [1.82, 2.24) is 10.1 Å². The first-order valence-corrected chi connectivity index (χ1v) is 7.15. The van der Waals surface area contributed by atoms with E-state index in [1.165, 1.54) is 25.7 Å². The first-order valence-electron chi connectivity index (χ1n) is 7.15. The molecule has 2 aromatic rings. The van der Waals surface area contributed by atoms with Crippen molar-refractivity contribution in [2.24, 2.45) is 0 Å². The zero-order valence-corrected chi connectivity index (χ0v) is 11.4. The molecule has 0 spiro atoms. The molecule has 0 atom stereocenters. The van der Waals surface area contributed by atoms with Gasteiger partial charge in [-0.2, -0.15) is 4.98 Å². The summed E-state index contributed by atoms with van der Waals surface area (Å²) in [7, 11) is 0. The summed E-state index contributed by atoms with van der Waals surface area (Å²) in [5.74, 6) is 1.90. The molecule has 2 N–H and O–H groups in total. The van der Waals surface area contributed by atoms with E-state index >= 15 is 0 Å². The lowest BCUT2D eigenvalue weighted by Crippen LogP contribution is -2.04. The van der Waals surface area contributed by atoms with Crippen LogP contribution in [-0.2, 0) is 0 Å². The molecule has 1 aliphatic carbocycles. The van der Waals surface area contributed by atoms with Gasteiger partial charge in [-0.25, -0.2) is 0 Å². The topological polar surface area (TPSA) is 71.2 Å². The van der Waals surface area contributed by atoms with E-state index in [9.17, 15) is 0 Å². The minimum Gasteiger partial charge on any atom is -0.395 e. The quantitative estimate of drug-likeness (QED) is 0.876. The molecule has 20 heavy (non-hydrogen) atoms. The third-order valence-corrected chi connectivity index (χ3v) is 3.73. The van der Waals surface area contributed by atoms with E-state index in [1.54, 1.807) is 0 Å². The van der Waals surface area contributed by atoms with Gasteiger partial charge in [-0.1, -0.05) is 18.0 Å². The van der Waals surface area contributed by atoms with Gasteiger partial charge >= 0.3 is 0 Å². The molecule has 106 valence electrons. The molecule has 5 heteroatoms. The fourth-order valence-electron chi connectivity index (χ4n) is 2.63. The van der Waals surface area contributed by atoms with E-state index in [2.05, 4.69) is 15.5 Å². The van der Waals surface area contributed by atoms with Crippen molar-refractivity contribution in [2.45, 2.75) is 31.6 Å². The summed E-state index contributed by atoms with van der Waals surface area (Å²) in [5.41, 5.74) is 1.90. The molecule has 1 aromatic heterocycles. The third-order valence-electron chi connectivity index (χ3n) is 3.73. The maximum absolute atomic E-state index is 8.77. The van der Waals surface area contributed by atoms with Crippen molar-refractivity contribution < 1.29 is 9.63 Å². The van der Waals surface area contributed by atoms with E-state index < -0.39 is 0 Å². The minimum atomic E-state index is 0.121. The van der Waals surface area contributed by atoms with Gasteiger partial charge in [0.2, 0.25) is 0 Å². The number of nitrogens with one attached hydrogen (secondary N) is 1. The van der Waals surface area contributed by atoms with Crippen LogP contribution in [-0.4, -0.2) is 28.4 Å². The van der Waals surface area contributed by atoms with Crippen LogP contribution in [0.5, 0.6) is 0 Å². The summed E-state index contributed by atoms with van der Waals surface area (Å²) in [6.45, 7) is 0.669. The van der Waals surface area contributed by atoms with Crippen molar-refractivity contribution >= 4 is 5.69 Å². The molecule has 3 rings (SSSR count). The van der Waals surface area contributed by atoms with E-state index in [1.807, 2.05) is 24.3 Å². The van der Waals surface area contributed by atoms with E-state index in [0.29, 0.717) is 18.4 Å². The summed E-state index contributed by atoms with van der Waals surface area (Å²) in [5, 5.41) is 16.0. The fourth-order valence-corrected chi connectivity index (χ4v) is 2.63. The number of anilines is 1. The van der Waals surface area contributed by atoms with Crippen LogP contribution in [0.3, 0.4) is 0 Å². The highest BCUT2D eigenvalue weighted by molar-refractivity contribution is 5.58. The van der Waals surface area contributed by atoms with Crippen LogP contribution < -0.4 is 5.32 Å². The minimum absolute atomic E-state index is 0.121. The van der Waals surface area contributed by atoms with Gasteiger partial charge in [0.25, 0.3) is 5.89 Å². The monoisotopic (exact) mass is 273 g/mol. The second-order valence-electron chi connectivity index (χ2n) is 5.17. The van der Waals surface area contributed by atoms with Gasteiger partial charge < -0.3 is 14.9 Å². The van der Waals surface area contributed by atoms with E-state index in [0.717, 1.165) is 17.1 Å². The summed E-state index contributed by atoms with van der Waals surface area (Å²) in [6.07, 6.45) is 4.87. The summed E-state index contributed by atoms with van der Waals surface area (Å²) >= 11 is 0. The average Bonchev–Trinajstić information content (AvgIpc) is 3.16. The highest BCUT2D eigenvalue weighted by Gasteiger charge is 2.22. The first-order chi connectivity index (χ1) is 9.86. The largest absolute Gasteiger partial charge is 0.395 e. The van der Waals surface area contributed by atoms with Crippen LogP contribution in [0.2, 0.25) is 0 Å². The number of aromatic nitrogens is 2. The zero-order valence-electron chi connectivity index (χ0n) is 11.4. The van der Waals surface area contributed by atoms with Crippen molar-refractivity contribution in [3.63, 3.8) is 0 Å². The van der Waals surface area contributed by atoms with Gasteiger partial charge in [-0.3, -0.25) is 0 Å². The average molecular weight is 273 g/mol. The third kappa shape index (κ3) is 2.82. The van der Waals surface area contributed by atoms with Crippen LogP contribution in [0.1, 0.15) is 37.4 Å². The number of aliphatic hydroxyl groups is 1. The molecular weight excluding hydrogens is 254 g/mol. The molecular formula is C15H19N3O2. The first kappa shape index (κ1) is 13.1. The number of nitrogens with zero attached hydrogens (tertiary/aromatic N) is 2. The van der Waals surface area contributed by atoms with Crippen LogP contribution in [0.4, 0.5) is 5.69 Å². The van der Waals surface area contributed by atoms with Crippen LogP contribution >= 0.6 is 0 Å². The number of hydrogen-bond acceptors (Lipinski definition) is 5. The molecule has 0 radical (unpaired) electrons. The molecule has 5 nitrogen and oxygen atoms in total. The summed E-state index contributed by atoms with van der Waals surface area (Å²) in [6, 6.07) is 7.80. The van der Waals surface area contributed by atoms with Crippen LogP contribution in [0, 0.1) is 0 Å². The predicted molar refractivity (Wildman–Crippen MR) is 76.5 cm³/mol. The lowest BCUT2D eigenvalue weighted by Gasteiger charge is -2.04. The molecule has 0 bridgehead atoms. The number of hydrogen-bond donors (Lipinski definition) is 2. The molecule has 0 unspecified atom stereocenters. The normalized spacial score (nSPS) is 15.7. The Balaban J connectivity index is 1.72. The van der Waals surface area contributed by atoms with Crippen molar-refractivity contribution in [3.05, 3.63) is 30.1 Å². The Morgan fingerprint density at radius 2 is 1.95 bits per heavy atom. The SMILES string of the molecule is OCCNc1ccc(-c2nc(C3CCCC3)no2)cc1. The van der Waals surface area contributed by atoms with E-state index in [-0.39, 0.29) is 6.61 Å². The lowest BCUT2D eigenvalue weighted by molar-refractivity contribution is 0.311. The smallest absolute Gasteiger partial charge is 0.257 e. The Hall–Kier alpha value is -1.88. The molecule has 0 saturated heterocycles. The molecule has 1 aromatic carbocycles. The predicted octanol–water partition coefficient (Wildman–Crippen LogP) is 2.80. The van der Waals surface area contributed by atoms with Crippen LogP contribution in [0.25, 0.3) is 11.5 Å². The molecule has 0 amide bonds. The van der Waals surface area contributed by atoms with Crippen LogP contribution in [0.15, 0.2) is 28.8 Å². The van der Waals surface area contributed by atoms with E-state index in [4.69, 9.17) is 9.63 Å². The second kappa shape index (κ2) is 6.05. The highest BCUT2D eigenvalue weighted by atomic mass is 16.5. The van der Waals surface area contributed by atoms with Gasteiger partial charge in [0.15, 0.2) is 5.82 Å². The Kier molecular flexibility index (Phi) is 3.97. The Morgan fingerprint density at radius 3 is 2.65 bits per heavy atom. The molecule has 0 aliphatic heterocycles. The van der Waals surface area contributed by atoms with Crippen molar-refractivity contribution in [1.29, 1.82) is 0 Å². The van der Waals surface area contributed by atoms with Gasteiger partial charge in [0, 0.05) is 23.7 Å². The van der Waals surface area contributed by atoms with Gasteiger partial charge in [-0.05, 0) is 37.1 Å². The van der Waals surface area contributed by atoms with Gasteiger partial charge in [0.1, 0.15) is 0 Å². The Bertz CT molecular complexity index is 545. The molecule has 1 aliphatic rings. The Labute approximate surface area is 118 Å². The van der Waals surface area contributed by atoms with Gasteiger partial charge in [0.05, 0.1) is 6.61 Å². The number of rotatable bonds is 5. The molecule has 1 heterocycles. The molecule has 1 fully saturated rings. The summed E-state index contributed by atoms with van der Waals surface area (Å²) in [4.78, 5) is 4.52. The van der Waals surface area contributed by atoms with Crippen molar-refractivity contribution in [2.75, 3.05) is 18.5 Å². The van der Waals surface area contributed by atoms with Gasteiger partial charge in [-0.15, -0.1) is 0 Å². The Morgan fingerprint density at radius 1 is 1.20 bits per heavy atom. The maximum atomic E-state index is 8.77. The summed E-state index contributed by atoms with van der Waals surface area (Å²) < 4.78 is 5.36. The maximum Gasteiger partial charge on any atom is 0.257 e. The number of aliphatic hydroxyl groups excluding tert-OH is 1. The lowest BCUT2D eigenvalue weighted by atomic mass is 10.1. The van der Waals surface area contributed by atoms with Crippen molar-refractivity contribution in [3.8, 4) is 11.5 Å². The highest BCUT2D eigenvalue weighted by Crippen LogP contribution is 2.33. The standard InChI is InChI=1S/C15H19N3O2/c19-10-9-16-13-7-5-12(6-8-13)15-17-14(18-20-15)11-3-1-2-4-11/h5-8,11,16,19H,1-4,9-10H2. The fraction of sp³-hybridized carbons (Fsp3) is 0.467. The number of benzene rings is 1. The molecule has 1 saturated carbocycles.